The van der Waals surface area contributed by atoms with Gasteiger partial charge in [0.25, 0.3) is 5.91 Å². The van der Waals surface area contributed by atoms with E-state index in [1.807, 2.05) is 44.2 Å². The predicted molar refractivity (Wildman–Crippen MR) is 82.9 cm³/mol. The van der Waals surface area contributed by atoms with Gasteiger partial charge in [-0.25, -0.2) is 5.43 Å². The van der Waals surface area contributed by atoms with E-state index in [9.17, 15) is 4.79 Å². The Labute approximate surface area is 124 Å². The molecule has 0 unspecified atom stereocenters. The second kappa shape index (κ2) is 6.12. The lowest BCUT2D eigenvalue weighted by atomic mass is 10.2. The fourth-order valence-electron chi connectivity index (χ4n) is 1.52. The molecule has 0 saturated heterocycles. The molecule has 19 heavy (non-hydrogen) atoms. The van der Waals surface area contributed by atoms with Crippen LogP contribution in [-0.4, -0.2) is 11.6 Å². The number of benzene rings is 1. The van der Waals surface area contributed by atoms with Gasteiger partial charge in [0.1, 0.15) is 0 Å². The molecule has 0 radical (unpaired) electrons. The van der Waals surface area contributed by atoms with Crippen LogP contribution in [0.1, 0.15) is 27.0 Å². The average molecular weight is 337 g/mol. The predicted octanol–water partition coefficient (Wildman–Crippen LogP) is 3.97. The minimum atomic E-state index is -0.222. The Morgan fingerprint density at radius 3 is 2.63 bits per heavy atom. The highest BCUT2D eigenvalue weighted by Gasteiger charge is 2.08. The fourth-order valence-corrected chi connectivity index (χ4v) is 2.80. The van der Waals surface area contributed by atoms with Crippen LogP contribution in [0.25, 0.3) is 0 Å². The summed E-state index contributed by atoms with van der Waals surface area (Å²) in [5.41, 5.74) is 3.95. The summed E-state index contributed by atoms with van der Waals surface area (Å²) in [6.07, 6.45) is 0. The average Bonchev–Trinajstić information content (AvgIpc) is 2.83. The normalized spacial score (nSPS) is 11.4. The van der Waals surface area contributed by atoms with Crippen LogP contribution in [0.4, 0.5) is 0 Å². The molecule has 0 aliphatic rings. The Morgan fingerprint density at radius 2 is 2.00 bits per heavy atom. The molecule has 1 heterocycles. The monoisotopic (exact) mass is 336 g/mol. The summed E-state index contributed by atoms with van der Waals surface area (Å²) in [6.45, 7) is 3.92. The van der Waals surface area contributed by atoms with Crippen LogP contribution in [0, 0.1) is 6.92 Å². The van der Waals surface area contributed by atoms with E-state index in [2.05, 4.69) is 26.5 Å². The molecule has 0 fully saturated rings. The van der Waals surface area contributed by atoms with Crippen LogP contribution >= 0.6 is 27.3 Å². The third-order valence-electron chi connectivity index (χ3n) is 2.54. The van der Waals surface area contributed by atoms with Gasteiger partial charge < -0.3 is 0 Å². The Kier molecular flexibility index (Phi) is 4.50. The lowest BCUT2D eigenvalue weighted by Crippen LogP contribution is -2.19. The number of nitrogens with one attached hydrogen (secondary N) is 1. The van der Waals surface area contributed by atoms with Crippen molar-refractivity contribution in [3.63, 3.8) is 0 Å². The van der Waals surface area contributed by atoms with Crippen molar-refractivity contribution in [1.82, 2.24) is 5.43 Å². The van der Waals surface area contributed by atoms with Crippen molar-refractivity contribution < 1.29 is 4.79 Å². The second-order valence-electron chi connectivity index (χ2n) is 4.03. The number of aryl methyl sites for hydroxylation is 1. The molecule has 98 valence electrons. The van der Waals surface area contributed by atoms with Crippen molar-refractivity contribution in [3.05, 3.63) is 56.2 Å². The number of nitrogens with zero attached hydrogens (tertiary/aromatic N) is 1. The van der Waals surface area contributed by atoms with Crippen LogP contribution in [0.3, 0.4) is 0 Å². The van der Waals surface area contributed by atoms with E-state index in [-0.39, 0.29) is 5.91 Å². The smallest absolute Gasteiger partial charge is 0.267 e. The third kappa shape index (κ3) is 3.52. The fraction of sp³-hybridized carbons (Fsp3) is 0.143. The number of hydrogen-bond acceptors (Lipinski definition) is 3. The molecule has 3 nitrogen and oxygen atoms in total. The van der Waals surface area contributed by atoms with Gasteiger partial charge in [0.05, 0.1) is 16.2 Å². The maximum atomic E-state index is 12.0. The quantitative estimate of drug-likeness (QED) is 0.668. The number of carbonyl (C=O) groups is 1. The molecule has 1 aromatic heterocycles. The van der Waals surface area contributed by atoms with Crippen LogP contribution < -0.4 is 5.43 Å². The van der Waals surface area contributed by atoms with E-state index in [0.29, 0.717) is 5.56 Å². The van der Waals surface area contributed by atoms with Gasteiger partial charge in [-0.2, -0.15) is 5.10 Å². The van der Waals surface area contributed by atoms with Crippen LogP contribution in [-0.2, 0) is 0 Å². The molecule has 0 bridgehead atoms. The van der Waals surface area contributed by atoms with E-state index in [1.165, 1.54) is 4.88 Å². The molecule has 2 rings (SSSR count). The van der Waals surface area contributed by atoms with Crippen LogP contribution in [0.2, 0.25) is 0 Å². The van der Waals surface area contributed by atoms with Gasteiger partial charge in [0.15, 0.2) is 0 Å². The number of halogens is 1. The van der Waals surface area contributed by atoms with Crippen molar-refractivity contribution >= 4 is 38.9 Å². The Hall–Kier alpha value is -1.46. The van der Waals surface area contributed by atoms with E-state index in [4.69, 9.17) is 0 Å². The summed E-state index contributed by atoms with van der Waals surface area (Å²) in [4.78, 5) is 14.2. The number of carbonyl (C=O) groups excluding carboxylic acids is 1. The number of hydrogen-bond donors (Lipinski definition) is 1. The van der Waals surface area contributed by atoms with Crippen molar-refractivity contribution in [2.75, 3.05) is 0 Å². The molecule has 0 aliphatic carbocycles. The molecule has 0 aliphatic heterocycles. The molecular formula is C14H13BrN2OS. The highest BCUT2D eigenvalue weighted by Crippen LogP contribution is 2.17. The first kappa shape index (κ1) is 14.0. The zero-order valence-corrected chi connectivity index (χ0v) is 13.0. The van der Waals surface area contributed by atoms with Gasteiger partial charge in [-0.05, 0) is 54.0 Å². The molecular weight excluding hydrogens is 324 g/mol. The minimum absolute atomic E-state index is 0.222. The summed E-state index contributed by atoms with van der Waals surface area (Å²) in [5, 5.41) is 4.13. The first-order valence-corrected chi connectivity index (χ1v) is 7.35. The van der Waals surface area contributed by atoms with Gasteiger partial charge >= 0.3 is 0 Å². The number of amides is 1. The summed E-state index contributed by atoms with van der Waals surface area (Å²) in [5.74, 6) is -0.222. The van der Waals surface area contributed by atoms with Crippen molar-refractivity contribution in [3.8, 4) is 0 Å². The van der Waals surface area contributed by atoms with Crippen LogP contribution in [0.15, 0.2) is 46.0 Å². The number of hydrazone groups is 1. The lowest BCUT2D eigenvalue weighted by Gasteiger charge is -2.03. The molecule has 1 amide bonds. The van der Waals surface area contributed by atoms with Crippen molar-refractivity contribution in [2.45, 2.75) is 13.8 Å². The number of rotatable bonds is 3. The topological polar surface area (TPSA) is 41.5 Å². The zero-order chi connectivity index (χ0) is 13.8. The molecule has 2 aromatic rings. The van der Waals surface area contributed by atoms with Gasteiger partial charge in [-0.3, -0.25) is 4.79 Å². The van der Waals surface area contributed by atoms with Gasteiger partial charge in [0.2, 0.25) is 0 Å². The minimum Gasteiger partial charge on any atom is -0.267 e. The molecule has 0 spiro atoms. The van der Waals surface area contributed by atoms with E-state index in [1.54, 1.807) is 17.4 Å². The summed E-state index contributed by atoms with van der Waals surface area (Å²) in [7, 11) is 0. The number of thiophene rings is 1. The Morgan fingerprint density at radius 1 is 1.26 bits per heavy atom. The van der Waals surface area contributed by atoms with E-state index in [0.717, 1.165) is 15.1 Å². The SMILES string of the molecule is CC(=NNC(=O)c1ccccc1Br)c1ccc(C)s1. The van der Waals surface area contributed by atoms with E-state index >= 15 is 0 Å². The maximum Gasteiger partial charge on any atom is 0.272 e. The Balaban J connectivity index is 2.10. The zero-order valence-electron chi connectivity index (χ0n) is 10.6. The van der Waals surface area contributed by atoms with Gasteiger partial charge in [0, 0.05) is 9.35 Å². The second-order valence-corrected chi connectivity index (χ2v) is 6.17. The van der Waals surface area contributed by atoms with Gasteiger partial charge in [-0.1, -0.05) is 12.1 Å². The lowest BCUT2D eigenvalue weighted by molar-refractivity contribution is 0.0954. The van der Waals surface area contributed by atoms with E-state index < -0.39 is 0 Å². The van der Waals surface area contributed by atoms with Crippen molar-refractivity contribution in [1.29, 1.82) is 0 Å². The first-order chi connectivity index (χ1) is 9.08. The maximum absolute atomic E-state index is 12.0. The molecule has 1 aromatic carbocycles. The molecule has 1 N–H and O–H groups in total. The molecule has 5 heteroatoms. The van der Waals surface area contributed by atoms with Crippen LogP contribution in [0.5, 0.6) is 0 Å². The standard InChI is InChI=1S/C14H13BrN2OS/c1-9-7-8-13(19-9)10(2)16-17-14(18)11-5-3-4-6-12(11)15/h3-8H,1-2H3,(H,17,18). The summed E-state index contributed by atoms with van der Waals surface area (Å²) >= 11 is 5.00. The largest absolute Gasteiger partial charge is 0.272 e. The Bertz CT molecular complexity index is 634. The first-order valence-electron chi connectivity index (χ1n) is 5.74. The highest BCUT2D eigenvalue weighted by atomic mass is 79.9. The highest BCUT2D eigenvalue weighted by molar-refractivity contribution is 9.10. The summed E-state index contributed by atoms with van der Waals surface area (Å²) < 4.78 is 0.757. The van der Waals surface area contributed by atoms with Crippen molar-refractivity contribution in [2.24, 2.45) is 5.10 Å². The molecule has 0 saturated carbocycles. The molecule has 0 atom stereocenters. The van der Waals surface area contributed by atoms with Gasteiger partial charge in [-0.15, -0.1) is 11.3 Å². The summed E-state index contributed by atoms with van der Waals surface area (Å²) in [6, 6.07) is 11.3. The third-order valence-corrected chi connectivity index (χ3v) is 4.34.